The molecule has 1 aromatic rings. The summed E-state index contributed by atoms with van der Waals surface area (Å²) in [6, 6.07) is 5.69. The van der Waals surface area contributed by atoms with Crippen molar-refractivity contribution in [1.29, 1.82) is 0 Å². The van der Waals surface area contributed by atoms with Crippen molar-refractivity contribution >= 4 is 23.2 Å². The van der Waals surface area contributed by atoms with Gasteiger partial charge in [0.15, 0.2) is 0 Å². The van der Waals surface area contributed by atoms with Gasteiger partial charge in [0.2, 0.25) is 5.91 Å². The molecule has 5 nitrogen and oxygen atoms in total. The fourth-order valence-corrected chi connectivity index (χ4v) is 2.90. The van der Waals surface area contributed by atoms with Gasteiger partial charge in [-0.25, -0.2) is 0 Å². The monoisotopic (exact) mass is 303 g/mol. The van der Waals surface area contributed by atoms with Crippen molar-refractivity contribution in [2.75, 3.05) is 24.3 Å². The van der Waals surface area contributed by atoms with Gasteiger partial charge < -0.3 is 15.5 Å². The van der Waals surface area contributed by atoms with Crippen LogP contribution in [0.3, 0.4) is 0 Å². The topological polar surface area (TPSA) is 61.4 Å². The molecule has 5 heteroatoms. The largest absolute Gasteiger partial charge is 0.377 e. The van der Waals surface area contributed by atoms with Gasteiger partial charge in [-0.05, 0) is 31.0 Å². The van der Waals surface area contributed by atoms with Gasteiger partial charge >= 0.3 is 0 Å². The lowest BCUT2D eigenvalue weighted by Crippen LogP contribution is -2.36. The highest BCUT2D eigenvalue weighted by Crippen LogP contribution is 2.24. The molecule has 0 heterocycles. The maximum atomic E-state index is 12.6. The van der Waals surface area contributed by atoms with E-state index in [1.54, 1.807) is 6.07 Å². The van der Waals surface area contributed by atoms with Crippen molar-refractivity contribution < 1.29 is 9.59 Å². The summed E-state index contributed by atoms with van der Waals surface area (Å²) in [6.07, 6.45) is 5.71. The summed E-state index contributed by atoms with van der Waals surface area (Å²) in [7, 11) is 3.82. The van der Waals surface area contributed by atoms with Gasteiger partial charge in [-0.3, -0.25) is 9.59 Å². The Kier molecular flexibility index (Phi) is 5.41. The molecule has 2 amide bonds. The predicted molar refractivity (Wildman–Crippen MR) is 89.4 cm³/mol. The molecule has 2 N–H and O–H groups in total. The van der Waals surface area contributed by atoms with Crippen LogP contribution in [0.15, 0.2) is 18.2 Å². The summed E-state index contributed by atoms with van der Waals surface area (Å²) < 4.78 is 0. The van der Waals surface area contributed by atoms with Crippen molar-refractivity contribution in [1.82, 2.24) is 5.32 Å². The van der Waals surface area contributed by atoms with Crippen LogP contribution < -0.4 is 15.5 Å². The first-order valence-electron chi connectivity index (χ1n) is 7.87. The smallest absolute Gasteiger partial charge is 0.253 e. The number of amides is 2. The van der Waals surface area contributed by atoms with Crippen LogP contribution in [0.1, 0.15) is 49.4 Å². The molecule has 120 valence electrons. The molecule has 1 aliphatic rings. The maximum absolute atomic E-state index is 12.6. The zero-order valence-corrected chi connectivity index (χ0v) is 13.6. The van der Waals surface area contributed by atoms with Crippen molar-refractivity contribution in [2.24, 2.45) is 0 Å². The molecule has 0 radical (unpaired) electrons. The Morgan fingerprint density at radius 1 is 1.14 bits per heavy atom. The van der Waals surface area contributed by atoms with E-state index in [1.807, 2.05) is 31.1 Å². The summed E-state index contributed by atoms with van der Waals surface area (Å²) in [4.78, 5) is 25.7. The van der Waals surface area contributed by atoms with Gasteiger partial charge in [0.05, 0.1) is 5.56 Å². The number of hydrogen-bond acceptors (Lipinski definition) is 3. The normalized spacial score (nSPS) is 15.2. The molecule has 0 unspecified atom stereocenters. The summed E-state index contributed by atoms with van der Waals surface area (Å²) in [6.45, 7) is 1.46. The van der Waals surface area contributed by atoms with Crippen LogP contribution in [-0.2, 0) is 4.79 Å². The molecule has 0 aromatic heterocycles. The van der Waals surface area contributed by atoms with Crippen molar-refractivity contribution in [3.05, 3.63) is 23.8 Å². The zero-order valence-electron chi connectivity index (χ0n) is 13.6. The molecule has 0 saturated heterocycles. The van der Waals surface area contributed by atoms with Gasteiger partial charge in [-0.15, -0.1) is 0 Å². The number of nitrogens with one attached hydrogen (secondary N) is 2. The Morgan fingerprint density at radius 2 is 1.82 bits per heavy atom. The minimum atomic E-state index is -0.142. The number of benzene rings is 1. The van der Waals surface area contributed by atoms with E-state index < -0.39 is 0 Å². The second-order valence-corrected chi connectivity index (χ2v) is 6.12. The predicted octanol–water partition coefficient (Wildman–Crippen LogP) is 2.77. The van der Waals surface area contributed by atoms with Crippen LogP contribution in [-0.4, -0.2) is 32.0 Å². The SMILES string of the molecule is CC(=O)Nc1ccc(N(C)C)c(C(=O)NC2CCCCC2)c1. The van der Waals surface area contributed by atoms with Gasteiger partial charge in [0, 0.05) is 38.4 Å². The van der Waals surface area contributed by atoms with Crippen LogP contribution in [0.2, 0.25) is 0 Å². The van der Waals surface area contributed by atoms with Crippen molar-refractivity contribution in [2.45, 2.75) is 45.1 Å². The van der Waals surface area contributed by atoms with E-state index in [2.05, 4.69) is 10.6 Å². The highest BCUT2D eigenvalue weighted by atomic mass is 16.2. The van der Waals surface area contributed by atoms with Crippen LogP contribution >= 0.6 is 0 Å². The fourth-order valence-electron chi connectivity index (χ4n) is 2.90. The Bertz CT molecular complexity index is 549. The maximum Gasteiger partial charge on any atom is 0.253 e. The zero-order chi connectivity index (χ0) is 16.1. The molecule has 0 atom stereocenters. The molecule has 0 aliphatic heterocycles. The summed E-state index contributed by atoms with van der Waals surface area (Å²) in [5, 5.41) is 5.87. The molecule has 1 aliphatic carbocycles. The number of rotatable bonds is 4. The molecule has 1 aromatic carbocycles. The van der Waals surface area contributed by atoms with Crippen LogP contribution in [0.25, 0.3) is 0 Å². The van der Waals surface area contributed by atoms with Gasteiger partial charge in [0.25, 0.3) is 5.91 Å². The number of carbonyl (C=O) groups is 2. The minimum Gasteiger partial charge on any atom is -0.377 e. The van der Waals surface area contributed by atoms with E-state index >= 15 is 0 Å². The summed E-state index contributed by atoms with van der Waals surface area (Å²) in [5.74, 6) is -0.209. The fraction of sp³-hybridized carbons (Fsp3) is 0.529. The summed E-state index contributed by atoms with van der Waals surface area (Å²) in [5.41, 5.74) is 2.09. The molecular weight excluding hydrogens is 278 g/mol. The van der Waals surface area contributed by atoms with Gasteiger partial charge in [0.1, 0.15) is 0 Å². The average Bonchev–Trinajstić information content (AvgIpc) is 2.47. The first kappa shape index (κ1) is 16.3. The second-order valence-electron chi connectivity index (χ2n) is 6.12. The van der Waals surface area contributed by atoms with Gasteiger partial charge in [-0.2, -0.15) is 0 Å². The Labute approximate surface area is 132 Å². The lowest BCUT2D eigenvalue weighted by Gasteiger charge is -2.24. The van der Waals surface area contributed by atoms with E-state index in [1.165, 1.54) is 26.2 Å². The lowest BCUT2D eigenvalue weighted by atomic mass is 9.95. The minimum absolute atomic E-state index is 0.0668. The number of anilines is 2. The Morgan fingerprint density at radius 3 is 2.41 bits per heavy atom. The third kappa shape index (κ3) is 4.23. The number of hydrogen-bond donors (Lipinski definition) is 2. The van der Waals surface area contributed by atoms with E-state index in [4.69, 9.17) is 0 Å². The van der Waals surface area contributed by atoms with Crippen LogP contribution in [0.4, 0.5) is 11.4 Å². The van der Waals surface area contributed by atoms with Crippen molar-refractivity contribution in [3.63, 3.8) is 0 Å². The van der Waals surface area contributed by atoms with Crippen LogP contribution in [0, 0.1) is 0 Å². The number of nitrogens with zero attached hydrogens (tertiary/aromatic N) is 1. The molecule has 2 rings (SSSR count). The standard InChI is InChI=1S/C17H25N3O2/c1-12(21)18-14-9-10-16(20(2)3)15(11-14)17(22)19-13-7-5-4-6-8-13/h9-11,13H,4-8H2,1-3H3,(H,18,21)(H,19,22). The van der Waals surface area contributed by atoms with E-state index in [9.17, 15) is 9.59 Å². The second kappa shape index (κ2) is 7.29. The first-order chi connectivity index (χ1) is 10.5. The quantitative estimate of drug-likeness (QED) is 0.899. The third-order valence-electron chi connectivity index (χ3n) is 3.98. The lowest BCUT2D eigenvalue weighted by molar-refractivity contribution is -0.114. The Hall–Kier alpha value is -2.04. The highest BCUT2D eigenvalue weighted by molar-refractivity contribution is 6.02. The van der Waals surface area contributed by atoms with Gasteiger partial charge in [-0.1, -0.05) is 19.3 Å². The molecule has 1 saturated carbocycles. The van der Waals surface area contributed by atoms with E-state index in [0.29, 0.717) is 11.3 Å². The Balaban J connectivity index is 2.20. The number of carbonyl (C=O) groups excluding carboxylic acids is 2. The van der Waals surface area contributed by atoms with E-state index in [0.717, 1.165) is 18.5 Å². The van der Waals surface area contributed by atoms with Crippen LogP contribution in [0.5, 0.6) is 0 Å². The first-order valence-corrected chi connectivity index (χ1v) is 7.87. The van der Waals surface area contributed by atoms with Crippen molar-refractivity contribution in [3.8, 4) is 0 Å². The third-order valence-corrected chi connectivity index (χ3v) is 3.98. The highest BCUT2D eigenvalue weighted by Gasteiger charge is 2.19. The molecule has 0 bridgehead atoms. The molecule has 22 heavy (non-hydrogen) atoms. The molecule has 0 spiro atoms. The van der Waals surface area contributed by atoms with E-state index in [-0.39, 0.29) is 17.9 Å². The molecular formula is C17H25N3O2. The summed E-state index contributed by atoms with van der Waals surface area (Å²) >= 11 is 0. The molecule has 1 fully saturated rings. The average molecular weight is 303 g/mol.